The number of benzene rings is 1. The van der Waals surface area contributed by atoms with Gasteiger partial charge in [-0.3, -0.25) is 4.79 Å². The molecule has 0 saturated carbocycles. The summed E-state index contributed by atoms with van der Waals surface area (Å²) >= 11 is 6.13. The van der Waals surface area contributed by atoms with Crippen LogP contribution in [0, 0.1) is 5.95 Å². The number of rotatable bonds is 4. The van der Waals surface area contributed by atoms with Gasteiger partial charge in [0.15, 0.2) is 5.69 Å². The fraction of sp³-hybridized carbons (Fsp3) is 0.250. The maximum absolute atomic E-state index is 13.6. The third kappa shape index (κ3) is 2.92. The second kappa shape index (κ2) is 5.92. The van der Waals surface area contributed by atoms with Crippen LogP contribution in [0.15, 0.2) is 30.3 Å². The highest BCUT2D eigenvalue weighted by atomic mass is 79.9. The molecule has 19 heavy (non-hydrogen) atoms. The van der Waals surface area contributed by atoms with E-state index in [4.69, 9.17) is 0 Å². The smallest absolute Gasteiger partial charge is 0.263 e. The Morgan fingerprint density at radius 3 is 2.53 bits per heavy atom. The van der Waals surface area contributed by atoms with Gasteiger partial charge in [0, 0.05) is 0 Å². The molecule has 0 spiro atoms. The molecule has 100 valence electrons. The number of hydrogen-bond acceptors (Lipinski definition) is 3. The van der Waals surface area contributed by atoms with Crippen LogP contribution in [0.5, 0.6) is 0 Å². The summed E-state index contributed by atoms with van der Waals surface area (Å²) in [6, 6.07) is 9.13. The van der Waals surface area contributed by atoms with E-state index in [0.29, 0.717) is 0 Å². The number of carbonyl (C=O) groups is 1. The SMILES string of the molecule is C[C@H](c1ccccc1)n1nnc(F)c1C(=O)C(Br)Br. The minimum atomic E-state index is -0.864. The summed E-state index contributed by atoms with van der Waals surface area (Å²) < 4.78 is 14.3. The monoisotopic (exact) mass is 389 g/mol. The molecule has 0 N–H and O–H groups in total. The number of hydrogen-bond donors (Lipinski definition) is 0. The van der Waals surface area contributed by atoms with Crippen LogP contribution in [0.1, 0.15) is 29.0 Å². The molecule has 0 bridgehead atoms. The van der Waals surface area contributed by atoms with Gasteiger partial charge in [0.2, 0.25) is 5.78 Å². The Morgan fingerprint density at radius 1 is 1.32 bits per heavy atom. The van der Waals surface area contributed by atoms with Gasteiger partial charge in [-0.2, -0.15) is 4.39 Å². The van der Waals surface area contributed by atoms with Gasteiger partial charge < -0.3 is 0 Å². The van der Waals surface area contributed by atoms with E-state index in [2.05, 4.69) is 42.2 Å². The van der Waals surface area contributed by atoms with Crippen LogP contribution >= 0.6 is 31.9 Å². The van der Waals surface area contributed by atoms with Gasteiger partial charge in [-0.15, -0.1) is 0 Å². The van der Waals surface area contributed by atoms with Gasteiger partial charge in [0.1, 0.15) is 3.74 Å². The van der Waals surface area contributed by atoms with Crippen molar-refractivity contribution in [2.75, 3.05) is 0 Å². The van der Waals surface area contributed by atoms with Crippen LogP contribution in [0.2, 0.25) is 0 Å². The quantitative estimate of drug-likeness (QED) is 0.594. The first-order valence-corrected chi connectivity index (χ1v) is 7.33. The summed E-state index contributed by atoms with van der Waals surface area (Å²) in [4.78, 5) is 11.9. The molecular formula is C12H10Br2FN3O. The third-order valence-electron chi connectivity index (χ3n) is 2.73. The van der Waals surface area contributed by atoms with Gasteiger partial charge in [-0.25, -0.2) is 4.68 Å². The van der Waals surface area contributed by atoms with Crippen molar-refractivity contribution in [1.82, 2.24) is 15.0 Å². The maximum Gasteiger partial charge on any atom is 0.263 e. The zero-order valence-corrected chi connectivity index (χ0v) is 13.1. The second-order valence-electron chi connectivity index (χ2n) is 3.93. The lowest BCUT2D eigenvalue weighted by Crippen LogP contribution is -2.19. The van der Waals surface area contributed by atoms with Crippen molar-refractivity contribution >= 4 is 37.6 Å². The van der Waals surface area contributed by atoms with E-state index in [1.807, 2.05) is 37.3 Å². The van der Waals surface area contributed by atoms with Crippen molar-refractivity contribution in [2.45, 2.75) is 16.7 Å². The normalized spacial score (nSPS) is 12.7. The van der Waals surface area contributed by atoms with E-state index in [-0.39, 0.29) is 11.7 Å². The van der Waals surface area contributed by atoms with Crippen LogP contribution in [-0.4, -0.2) is 24.5 Å². The Labute approximate surface area is 126 Å². The fourth-order valence-electron chi connectivity index (χ4n) is 1.74. The van der Waals surface area contributed by atoms with Crippen LogP contribution < -0.4 is 0 Å². The molecule has 4 nitrogen and oxygen atoms in total. The molecule has 1 heterocycles. The minimum Gasteiger partial charge on any atom is -0.290 e. The number of nitrogens with zero attached hydrogens (tertiary/aromatic N) is 3. The maximum atomic E-state index is 13.6. The van der Waals surface area contributed by atoms with Gasteiger partial charge in [-0.1, -0.05) is 72.5 Å². The number of Topliss-reactive ketones (excluding diaryl/α,β-unsaturated/α-hetero) is 1. The average molecular weight is 391 g/mol. The average Bonchev–Trinajstić information content (AvgIpc) is 2.79. The predicted octanol–water partition coefficient (Wildman–Crippen LogP) is 3.33. The Balaban J connectivity index is 2.44. The first kappa shape index (κ1) is 14.3. The van der Waals surface area contributed by atoms with E-state index in [9.17, 15) is 9.18 Å². The van der Waals surface area contributed by atoms with E-state index in [1.54, 1.807) is 0 Å². The van der Waals surface area contributed by atoms with E-state index >= 15 is 0 Å². The van der Waals surface area contributed by atoms with Crippen molar-refractivity contribution in [3.8, 4) is 0 Å². The molecule has 0 aliphatic heterocycles. The van der Waals surface area contributed by atoms with E-state index in [0.717, 1.165) is 5.56 Å². The largest absolute Gasteiger partial charge is 0.290 e. The van der Waals surface area contributed by atoms with Crippen molar-refractivity contribution in [3.63, 3.8) is 0 Å². The lowest BCUT2D eigenvalue weighted by atomic mass is 10.1. The Kier molecular flexibility index (Phi) is 4.46. The molecule has 1 aromatic heterocycles. The van der Waals surface area contributed by atoms with E-state index in [1.165, 1.54) is 4.68 Å². The van der Waals surface area contributed by atoms with Gasteiger partial charge in [0.05, 0.1) is 6.04 Å². The van der Waals surface area contributed by atoms with Gasteiger partial charge in [0.25, 0.3) is 5.95 Å². The van der Waals surface area contributed by atoms with Gasteiger partial charge in [-0.05, 0) is 12.5 Å². The molecular weight excluding hydrogens is 381 g/mol. The summed E-state index contributed by atoms with van der Waals surface area (Å²) in [6.45, 7) is 1.83. The molecule has 1 aromatic carbocycles. The van der Waals surface area contributed by atoms with Crippen LogP contribution in [-0.2, 0) is 0 Å². The van der Waals surface area contributed by atoms with Crippen molar-refractivity contribution in [2.24, 2.45) is 0 Å². The highest BCUT2D eigenvalue weighted by molar-refractivity contribution is 9.25. The molecule has 1 atom stereocenters. The lowest BCUT2D eigenvalue weighted by Gasteiger charge is -2.14. The minimum absolute atomic E-state index is 0.143. The Bertz CT molecular complexity index is 586. The topological polar surface area (TPSA) is 47.8 Å². The molecule has 2 aromatic rings. The van der Waals surface area contributed by atoms with Crippen LogP contribution in [0.3, 0.4) is 0 Å². The molecule has 0 saturated heterocycles. The number of aromatic nitrogens is 3. The lowest BCUT2D eigenvalue weighted by molar-refractivity contribution is 0.0997. The summed E-state index contributed by atoms with van der Waals surface area (Å²) in [5.41, 5.74) is 0.775. The molecule has 0 unspecified atom stereocenters. The fourth-order valence-corrected chi connectivity index (χ4v) is 2.17. The molecule has 0 fully saturated rings. The number of halogens is 3. The number of ketones is 1. The van der Waals surface area contributed by atoms with Gasteiger partial charge >= 0.3 is 0 Å². The molecule has 0 aliphatic rings. The number of carbonyl (C=O) groups excluding carboxylic acids is 1. The summed E-state index contributed by atoms with van der Waals surface area (Å²) in [5.74, 6) is -1.32. The Morgan fingerprint density at radius 2 is 1.95 bits per heavy atom. The zero-order chi connectivity index (χ0) is 14.0. The summed E-state index contributed by atoms with van der Waals surface area (Å²) in [7, 11) is 0. The van der Waals surface area contributed by atoms with Crippen LogP contribution in [0.4, 0.5) is 4.39 Å². The first-order chi connectivity index (χ1) is 9.02. The highest BCUT2D eigenvalue weighted by Crippen LogP contribution is 2.23. The first-order valence-electron chi connectivity index (χ1n) is 5.50. The Hall–Kier alpha value is -1.08. The predicted molar refractivity (Wildman–Crippen MR) is 76.2 cm³/mol. The number of alkyl halides is 2. The van der Waals surface area contributed by atoms with Crippen LogP contribution in [0.25, 0.3) is 0 Å². The molecule has 2 rings (SSSR count). The molecule has 7 heteroatoms. The molecule has 0 amide bonds. The van der Waals surface area contributed by atoms with Crippen molar-refractivity contribution < 1.29 is 9.18 Å². The van der Waals surface area contributed by atoms with Crippen molar-refractivity contribution in [1.29, 1.82) is 0 Å². The standard InChI is InChI=1S/C12H10Br2FN3O/c1-7(8-5-3-2-4-6-8)18-9(10(19)11(13)14)12(15)16-17-18/h2-7,11H,1H3/t7-/m1/s1. The summed E-state index contributed by atoms with van der Waals surface area (Å²) in [5, 5.41) is 7.08. The molecule has 0 radical (unpaired) electrons. The highest BCUT2D eigenvalue weighted by Gasteiger charge is 2.27. The zero-order valence-electron chi connectivity index (χ0n) is 9.93. The van der Waals surface area contributed by atoms with E-state index < -0.39 is 15.5 Å². The van der Waals surface area contributed by atoms with Crippen molar-refractivity contribution in [3.05, 3.63) is 47.5 Å². The third-order valence-corrected chi connectivity index (χ3v) is 3.57. The second-order valence-corrected chi connectivity index (χ2v) is 6.99. The summed E-state index contributed by atoms with van der Waals surface area (Å²) in [6.07, 6.45) is 0. The molecule has 0 aliphatic carbocycles.